The SMILES string of the molecule is CS(=O)(=O)NC1CCCC1CNc1cnc(C(=O)O)cn1. The second-order valence-corrected chi connectivity index (χ2v) is 6.94. The first-order valence-corrected chi connectivity index (χ1v) is 8.51. The van der Waals surface area contributed by atoms with Gasteiger partial charge in [0.1, 0.15) is 5.82 Å². The maximum absolute atomic E-state index is 11.3. The molecule has 1 aliphatic rings. The Labute approximate surface area is 123 Å². The quantitative estimate of drug-likeness (QED) is 0.690. The molecule has 2 unspecified atom stereocenters. The number of carboxylic acids is 1. The Kier molecular flexibility index (Phi) is 4.73. The number of aromatic nitrogens is 2. The zero-order valence-corrected chi connectivity index (χ0v) is 12.4. The standard InChI is InChI=1S/C12H18N4O4S/c1-21(19,20)16-9-4-2-3-8(9)5-14-11-7-13-10(6-15-11)12(17)18/h6-9,16H,2-5H2,1H3,(H,14,15)(H,17,18). The van der Waals surface area contributed by atoms with Crippen molar-refractivity contribution in [2.24, 2.45) is 5.92 Å². The molecule has 1 heterocycles. The maximum Gasteiger partial charge on any atom is 0.356 e. The van der Waals surface area contributed by atoms with E-state index in [-0.39, 0.29) is 17.7 Å². The Morgan fingerprint density at radius 2 is 2.14 bits per heavy atom. The summed E-state index contributed by atoms with van der Waals surface area (Å²) < 4.78 is 25.2. The van der Waals surface area contributed by atoms with Crippen LogP contribution in [0.1, 0.15) is 29.8 Å². The van der Waals surface area contributed by atoms with Gasteiger partial charge in [0.25, 0.3) is 0 Å². The van der Waals surface area contributed by atoms with Crippen molar-refractivity contribution < 1.29 is 18.3 Å². The van der Waals surface area contributed by atoms with Crippen molar-refractivity contribution >= 4 is 21.8 Å². The summed E-state index contributed by atoms with van der Waals surface area (Å²) in [5, 5.41) is 11.8. The van der Waals surface area contributed by atoms with Gasteiger partial charge in [-0.2, -0.15) is 0 Å². The van der Waals surface area contributed by atoms with Gasteiger partial charge in [0.05, 0.1) is 18.6 Å². The van der Waals surface area contributed by atoms with E-state index in [1.807, 2.05) is 0 Å². The van der Waals surface area contributed by atoms with E-state index in [0.29, 0.717) is 12.4 Å². The summed E-state index contributed by atoms with van der Waals surface area (Å²) in [5.74, 6) is -0.465. The molecule has 0 aromatic carbocycles. The average molecular weight is 314 g/mol. The first-order valence-electron chi connectivity index (χ1n) is 6.61. The van der Waals surface area contributed by atoms with Gasteiger partial charge in [0, 0.05) is 12.6 Å². The van der Waals surface area contributed by atoms with Crippen molar-refractivity contribution in [2.75, 3.05) is 18.1 Å². The van der Waals surface area contributed by atoms with Gasteiger partial charge < -0.3 is 10.4 Å². The largest absolute Gasteiger partial charge is 0.476 e. The van der Waals surface area contributed by atoms with Gasteiger partial charge in [-0.3, -0.25) is 0 Å². The predicted octanol–water partition coefficient (Wildman–Crippen LogP) is 0.305. The summed E-state index contributed by atoms with van der Waals surface area (Å²) in [4.78, 5) is 18.4. The van der Waals surface area contributed by atoms with Crippen LogP contribution in [-0.2, 0) is 10.0 Å². The number of sulfonamides is 1. The number of rotatable bonds is 6. The highest BCUT2D eigenvalue weighted by molar-refractivity contribution is 7.88. The van der Waals surface area contributed by atoms with E-state index in [1.54, 1.807) is 0 Å². The number of carbonyl (C=O) groups is 1. The molecule has 2 atom stereocenters. The molecule has 0 bridgehead atoms. The van der Waals surface area contributed by atoms with E-state index < -0.39 is 16.0 Å². The fraction of sp³-hybridized carbons (Fsp3) is 0.583. The maximum atomic E-state index is 11.3. The van der Waals surface area contributed by atoms with Gasteiger partial charge in [0.15, 0.2) is 5.69 Å². The molecule has 21 heavy (non-hydrogen) atoms. The van der Waals surface area contributed by atoms with Gasteiger partial charge in [0.2, 0.25) is 10.0 Å². The van der Waals surface area contributed by atoms with Gasteiger partial charge in [-0.1, -0.05) is 6.42 Å². The van der Waals surface area contributed by atoms with Crippen LogP contribution in [0.2, 0.25) is 0 Å². The Balaban J connectivity index is 1.91. The average Bonchev–Trinajstić information content (AvgIpc) is 2.82. The smallest absolute Gasteiger partial charge is 0.356 e. The Hall–Kier alpha value is -1.74. The zero-order valence-electron chi connectivity index (χ0n) is 11.6. The fourth-order valence-corrected chi connectivity index (χ4v) is 3.34. The number of aromatic carboxylic acids is 1. The lowest BCUT2D eigenvalue weighted by atomic mass is 10.1. The molecule has 0 amide bonds. The van der Waals surface area contributed by atoms with Crippen LogP contribution in [0.3, 0.4) is 0 Å². The highest BCUT2D eigenvalue weighted by Crippen LogP contribution is 2.26. The van der Waals surface area contributed by atoms with Gasteiger partial charge in [-0.25, -0.2) is 27.9 Å². The summed E-state index contributed by atoms with van der Waals surface area (Å²) in [6, 6.07) is -0.0706. The summed E-state index contributed by atoms with van der Waals surface area (Å²) in [5.41, 5.74) is -0.113. The zero-order chi connectivity index (χ0) is 15.5. The molecular weight excluding hydrogens is 296 g/mol. The monoisotopic (exact) mass is 314 g/mol. The van der Waals surface area contributed by atoms with Crippen molar-refractivity contribution in [1.29, 1.82) is 0 Å². The van der Waals surface area contributed by atoms with E-state index in [1.165, 1.54) is 12.4 Å². The highest BCUT2D eigenvalue weighted by Gasteiger charge is 2.29. The van der Waals surface area contributed by atoms with Crippen LogP contribution in [0.25, 0.3) is 0 Å². The molecule has 1 saturated carbocycles. The van der Waals surface area contributed by atoms with Crippen LogP contribution in [-0.4, -0.2) is 48.3 Å². The third-order valence-electron chi connectivity index (χ3n) is 3.44. The summed E-state index contributed by atoms with van der Waals surface area (Å²) in [6.07, 6.45) is 6.43. The van der Waals surface area contributed by atoms with Crippen molar-refractivity contribution in [3.8, 4) is 0 Å². The molecule has 2 rings (SSSR count). The molecule has 1 fully saturated rings. The number of nitrogens with zero attached hydrogens (tertiary/aromatic N) is 2. The lowest BCUT2D eigenvalue weighted by Gasteiger charge is -2.20. The number of hydrogen-bond acceptors (Lipinski definition) is 6. The second-order valence-electron chi connectivity index (χ2n) is 5.16. The van der Waals surface area contributed by atoms with E-state index in [9.17, 15) is 13.2 Å². The summed E-state index contributed by atoms with van der Waals surface area (Å²) in [6.45, 7) is 0.564. The van der Waals surface area contributed by atoms with Crippen LogP contribution in [0, 0.1) is 5.92 Å². The molecule has 1 aromatic rings. The molecule has 0 spiro atoms. The Morgan fingerprint density at radius 1 is 1.38 bits per heavy atom. The molecule has 116 valence electrons. The van der Waals surface area contributed by atoms with E-state index in [0.717, 1.165) is 25.5 Å². The normalized spacial score (nSPS) is 22.1. The lowest BCUT2D eigenvalue weighted by molar-refractivity contribution is 0.0690. The molecule has 1 aromatic heterocycles. The molecule has 8 nitrogen and oxygen atoms in total. The third kappa shape index (κ3) is 4.64. The number of nitrogens with one attached hydrogen (secondary N) is 2. The molecular formula is C12H18N4O4S. The minimum atomic E-state index is -3.21. The van der Waals surface area contributed by atoms with E-state index in [2.05, 4.69) is 20.0 Å². The van der Waals surface area contributed by atoms with Gasteiger partial charge >= 0.3 is 5.97 Å². The number of carboxylic acid groups (broad SMARTS) is 1. The fourth-order valence-electron chi connectivity index (χ4n) is 2.48. The predicted molar refractivity (Wildman–Crippen MR) is 76.6 cm³/mol. The van der Waals surface area contributed by atoms with Gasteiger partial charge in [-0.05, 0) is 18.8 Å². The Bertz CT molecular complexity index is 602. The summed E-state index contributed by atoms with van der Waals surface area (Å²) >= 11 is 0. The van der Waals surface area contributed by atoms with Crippen molar-refractivity contribution in [3.05, 3.63) is 18.1 Å². The first kappa shape index (κ1) is 15.6. The molecule has 1 aliphatic carbocycles. The van der Waals surface area contributed by atoms with Crippen molar-refractivity contribution in [1.82, 2.24) is 14.7 Å². The highest BCUT2D eigenvalue weighted by atomic mass is 32.2. The molecule has 3 N–H and O–H groups in total. The number of hydrogen-bond donors (Lipinski definition) is 3. The minimum absolute atomic E-state index is 0.0706. The number of anilines is 1. The Morgan fingerprint density at radius 3 is 2.71 bits per heavy atom. The molecule has 0 radical (unpaired) electrons. The molecule has 9 heteroatoms. The topological polar surface area (TPSA) is 121 Å². The third-order valence-corrected chi connectivity index (χ3v) is 4.17. The first-order chi connectivity index (χ1) is 9.85. The van der Waals surface area contributed by atoms with Crippen molar-refractivity contribution in [2.45, 2.75) is 25.3 Å². The molecule has 0 saturated heterocycles. The van der Waals surface area contributed by atoms with Crippen LogP contribution in [0.5, 0.6) is 0 Å². The molecule has 0 aliphatic heterocycles. The lowest BCUT2D eigenvalue weighted by Crippen LogP contribution is -2.39. The minimum Gasteiger partial charge on any atom is -0.476 e. The van der Waals surface area contributed by atoms with E-state index >= 15 is 0 Å². The van der Waals surface area contributed by atoms with Crippen molar-refractivity contribution in [3.63, 3.8) is 0 Å². The van der Waals surface area contributed by atoms with Crippen LogP contribution in [0.15, 0.2) is 12.4 Å². The van der Waals surface area contributed by atoms with Crippen LogP contribution in [0.4, 0.5) is 5.82 Å². The summed E-state index contributed by atoms with van der Waals surface area (Å²) in [7, 11) is -3.21. The second kappa shape index (κ2) is 6.35. The van der Waals surface area contributed by atoms with Gasteiger partial charge in [-0.15, -0.1) is 0 Å². The van der Waals surface area contributed by atoms with E-state index in [4.69, 9.17) is 5.11 Å². The van der Waals surface area contributed by atoms with Crippen LogP contribution >= 0.6 is 0 Å². The van der Waals surface area contributed by atoms with Crippen LogP contribution < -0.4 is 10.0 Å².